The maximum atomic E-state index is 11.9. The Morgan fingerprint density at radius 2 is 2.37 bits per heavy atom. The lowest BCUT2D eigenvalue weighted by Gasteiger charge is -2.22. The van der Waals surface area contributed by atoms with Crippen LogP contribution in [0, 0.1) is 6.92 Å². The zero-order valence-electron chi connectivity index (χ0n) is 11.4. The second-order valence-electron chi connectivity index (χ2n) is 4.86. The summed E-state index contributed by atoms with van der Waals surface area (Å²) in [5, 5.41) is 7.97. The van der Waals surface area contributed by atoms with Crippen molar-refractivity contribution in [1.29, 1.82) is 0 Å². The van der Waals surface area contributed by atoms with Crippen molar-refractivity contribution in [2.75, 3.05) is 18.8 Å². The molecule has 1 amide bonds. The van der Waals surface area contributed by atoms with Crippen molar-refractivity contribution in [1.82, 2.24) is 15.6 Å². The maximum Gasteiger partial charge on any atom is 0.230 e. The third kappa shape index (κ3) is 4.78. The first-order chi connectivity index (χ1) is 9.15. The number of thioether (sulfide) groups is 1. The molecule has 1 atom stereocenters. The largest absolute Gasteiger partial charge is 0.346 e. The third-order valence-electron chi connectivity index (χ3n) is 3.12. The Morgan fingerprint density at radius 1 is 1.63 bits per heavy atom. The normalized spacial score (nSPS) is 18.2. The number of carbonyl (C=O) groups is 1. The van der Waals surface area contributed by atoms with E-state index in [1.807, 2.05) is 20.0 Å². The van der Waals surface area contributed by atoms with Crippen molar-refractivity contribution < 1.29 is 4.79 Å². The number of thiazole rings is 1. The number of piperidine rings is 1. The van der Waals surface area contributed by atoms with Gasteiger partial charge in [0.15, 0.2) is 0 Å². The van der Waals surface area contributed by atoms with E-state index >= 15 is 0 Å². The first-order valence-electron chi connectivity index (χ1n) is 6.69. The number of rotatable bonds is 5. The molecule has 2 N–H and O–H groups in total. The summed E-state index contributed by atoms with van der Waals surface area (Å²) in [5.74, 6) is 0.670. The van der Waals surface area contributed by atoms with Gasteiger partial charge < -0.3 is 10.6 Å². The zero-order chi connectivity index (χ0) is 13.7. The average molecular weight is 299 g/mol. The number of hydrogen-bond donors (Lipinski definition) is 2. The number of aromatic nitrogens is 1. The third-order valence-corrected chi connectivity index (χ3v) is 5.59. The molecule has 1 aromatic heterocycles. The molecule has 1 aliphatic rings. The van der Waals surface area contributed by atoms with Crippen LogP contribution in [0.4, 0.5) is 0 Å². The van der Waals surface area contributed by atoms with Crippen LogP contribution >= 0.6 is 23.1 Å². The number of nitrogens with one attached hydrogen (secondary N) is 2. The Balaban J connectivity index is 1.71. The number of hydrogen-bond acceptors (Lipinski definition) is 5. The Hall–Kier alpha value is -0.590. The first-order valence-corrected chi connectivity index (χ1v) is 8.55. The van der Waals surface area contributed by atoms with Crippen LogP contribution in [0.25, 0.3) is 0 Å². The van der Waals surface area contributed by atoms with Gasteiger partial charge in [0.25, 0.3) is 0 Å². The van der Waals surface area contributed by atoms with E-state index in [0.717, 1.165) is 18.1 Å². The van der Waals surface area contributed by atoms with E-state index in [2.05, 4.69) is 15.6 Å². The summed E-state index contributed by atoms with van der Waals surface area (Å²) in [7, 11) is 0. The lowest BCUT2D eigenvalue weighted by atomic mass is 10.2. The summed E-state index contributed by atoms with van der Waals surface area (Å²) in [6.07, 6.45) is 4.19. The van der Waals surface area contributed by atoms with E-state index < -0.39 is 0 Å². The molecule has 0 saturated carbocycles. The molecular weight excluding hydrogens is 278 g/mol. The number of nitrogens with zero attached hydrogens (tertiary/aromatic N) is 1. The van der Waals surface area contributed by atoms with E-state index in [1.54, 1.807) is 23.1 Å². The smallest absolute Gasteiger partial charge is 0.230 e. The molecule has 6 heteroatoms. The highest BCUT2D eigenvalue weighted by Gasteiger charge is 2.17. The topological polar surface area (TPSA) is 54.0 Å². The van der Waals surface area contributed by atoms with Crippen LogP contribution in [0.5, 0.6) is 0 Å². The minimum Gasteiger partial charge on any atom is -0.346 e. The Bertz CT molecular complexity index is 416. The van der Waals surface area contributed by atoms with E-state index in [1.165, 1.54) is 17.7 Å². The van der Waals surface area contributed by atoms with Gasteiger partial charge in [0.2, 0.25) is 5.91 Å². The molecule has 1 aromatic rings. The maximum absolute atomic E-state index is 11.9. The SMILES string of the molecule is Cc1cnc(C(C)NC(=O)CSC2CCNCC2)s1. The number of carbonyl (C=O) groups excluding carboxylic acids is 1. The molecule has 0 bridgehead atoms. The van der Waals surface area contributed by atoms with Crippen molar-refractivity contribution in [3.05, 3.63) is 16.1 Å². The van der Waals surface area contributed by atoms with E-state index in [0.29, 0.717) is 11.0 Å². The summed E-state index contributed by atoms with van der Waals surface area (Å²) in [6, 6.07) is 0.0137. The van der Waals surface area contributed by atoms with Gasteiger partial charge in [-0.15, -0.1) is 23.1 Å². The minimum absolute atomic E-state index is 0.0137. The summed E-state index contributed by atoms with van der Waals surface area (Å²) in [6.45, 7) is 6.18. The van der Waals surface area contributed by atoms with Crippen LogP contribution in [0.15, 0.2) is 6.20 Å². The van der Waals surface area contributed by atoms with Gasteiger partial charge in [-0.3, -0.25) is 4.79 Å². The molecule has 0 radical (unpaired) electrons. The highest BCUT2D eigenvalue weighted by Crippen LogP contribution is 2.21. The van der Waals surface area contributed by atoms with Crippen molar-refractivity contribution in [3.63, 3.8) is 0 Å². The molecule has 0 aromatic carbocycles. The van der Waals surface area contributed by atoms with Gasteiger partial charge in [0.1, 0.15) is 5.01 Å². The van der Waals surface area contributed by atoms with Crippen molar-refractivity contribution >= 4 is 29.0 Å². The highest BCUT2D eigenvalue weighted by atomic mass is 32.2. The second kappa shape index (κ2) is 7.26. The van der Waals surface area contributed by atoms with Gasteiger partial charge >= 0.3 is 0 Å². The molecular formula is C13H21N3OS2. The molecule has 1 fully saturated rings. The van der Waals surface area contributed by atoms with Crippen LogP contribution in [-0.4, -0.2) is 35.0 Å². The quantitative estimate of drug-likeness (QED) is 0.874. The molecule has 0 aliphatic carbocycles. The van der Waals surface area contributed by atoms with Crippen molar-refractivity contribution in [2.45, 2.75) is 38.0 Å². The van der Waals surface area contributed by atoms with E-state index in [9.17, 15) is 4.79 Å². The average Bonchev–Trinajstić information content (AvgIpc) is 2.84. The fraction of sp³-hybridized carbons (Fsp3) is 0.692. The predicted molar refractivity (Wildman–Crippen MR) is 81.8 cm³/mol. The summed E-state index contributed by atoms with van der Waals surface area (Å²) >= 11 is 3.42. The van der Waals surface area contributed by atoms with Crippen molar-refractivity contribution in [3.8, 4) is 0 Å². The fourth-order valence-electron chi connectivity index (χ4n) is 2.07. The fourth-order valence-corrected chi connectivity index (χ4v) is 3.89. The lowest BCUT2D eigenvalue weighted by molar-refractivity contribution is -0.119. The van der Waals surface area contributed by atoms with Gasteiger partial charge in [-0.05, 0) is 39.8 Å². The van der Waals surface area contributed by atoms with E-state index in [-0.39, 0.29) is 11.9 Å². The van der Waals surface area contributed by atoms with Crippen LogP contribution in [0.2, 0.25) is 0 Å². The first kappa shape index (κ1) is 14.8. The Kier molecular flexibility index (Phi) is 5.66. The van der Waals surface area contributed by atoms with Gasteiger partial charge in [-0.25, -0.2) is 4.98 Å². The molecule has 106 valence electrons. The second-order valence-corrected chi connectivity index (χ2v) is 7.41. The van der Waals surface area contributed by atoms with Crippen LogP contribution < -0.4 is 10.6 Å². The monoisotopic (exact) mass is 299 g/mol. The number of aryl methyl sites for hydroxylation is 1. The summed E-state index contributed by atoms with van der Waals surface area (Å²) in [4.78, 5) is 17.4. The van der Waals surface area contributed by atoms with Gasteiger partial charge in [-0.2, -0.15) is 0 Å². The molecule has 1 unspecified atom stereocenters. The summed E-state index contributed by atoms with van der Waals surface area (Å²) in [5.41, 5.74) is 0. The minimum atomic E-state index is 0.0137. The van der Waals surface area contributed by atoms with Gasteiger partial charge in [0, 0.05) is 16.3 Å². The highest BCUT2D eigenvalue weighted by molar-refractivity contribution is 8.00. The molecule has 2 rings (SSSR count). The molecule has 2 heterocycles. The summed E-state index contributed by atoms with van der Waals surface area (Å²) < 4.78 is 0. The standard InChI is InChI=1S/C13H21N3OS2/c1-9-7-15-13(19-9)10(2)16-12(17)8-18-11-3-5-14-6-4-11/h7,10-11,14H,3-6,8H2,1-2H3,(H,16,17). The molecule has 1 aliphatic heterocycles. The molecule has 0 spiro atoms. The number of amides is 1. The van der Waals surface area contributed by atoms with E-state index in [4.69, 9.17) is 0 Å². The van der Waals surface area contributed by atoms with Gasteiger partial charge in [-0.1, -0.05) is 0 Å². The Labute approximate surface area is 122 Å². The Morgan fingerprint density at radius 3 is 3.00 bits per heavy atom. The zero-order valence-corrected chi connectivity index (χ0v) is 13.1. The molecule has 1 saturated heterocycles. The van der Waals surface area contributed by atoms with Crippen LogP contribution in [0.3, 0.4) is 0 Å². The molecule has 4 nitrogen and oxygen atoms in total. The molecule has 19 heavy (non-hydrogen) atoms. The van der Waals surface area contributed by atoms with Crippen LogP contribution in [-0.2, 0) is 4.79 Å². The van der Waals surface area contributed by atoms with Crippen molar-refractivity contribution in [2.24, 2.45) is 0 Å². The van der Waals surface area contributed by atoms with Crippen LogP contribution in [0.1, 0.15) is 35.7 Å². The lowest BCUT2D eigenvalue weighted by Crippen LogP contribution is -2.32. The predicted octanol–water partition coefficient (Wildman–Crippen LogP) is 2.11. The van der Waals surface area contributed by atoms with Gasteiger partial charge in [0.05, 0.1) is 11.8 Å².